The Bertz CT molecular complexity index is 1910. The number of para-hydroxylation sites is 2. The molecule has 1 aliphatic heterocycles. The Morgan fingerprint density at radius 2 is 1.72 bits per heavy atom. The number of hydroxylamine groups is 2. The van der Waals surface area contributed by atoms with Crippen molar-refractivity contribution in [3.05, 3.63) is 77.4 Å². The van der Waals surface area contributed by atoms with Gasteiger partial charge in [-0.25, -0.2) is 0 Å². The van der Waals surface area contributed by atoms with Crippen LogP contribution >= 0.6 is 0 Å². The second-order valence-corrected chi connectivity index (χ2v) is 18.2. The van der Waals surface area contributed by atoms with Crippen molar-refractivity contribution >= 4 is 17.4 Å². The van der Waals surface area contributed by atoms with Crippen molar-refractivity contribution < 1.29 is 34.1 Å². The zero-order valence-corrected chi connectivity index (χ0v) is 36.2. The molecule has 11 heteroatoms. The van der Waals surface area contributed by atoms with E-state index in [4.69, 9.17) is 14.3 Å². The number of Topliss-reactive ketones (excluding diaryl/α,β-unsaturated/α-hetero) is 1. The zero-order chi connectivity index (χ0) is 42.1. The van der Waals surface area contributed by atoms with Gasteiger partial charge in [-0.3, -0.25) is 14.4 Å². The number of methoxy groups -OCH3 is 2. The molecule has 11 nitrogen and oxygen atoms in total. The predicted molar refractivity (Wildman–Crippen MR) is 228 cm³/mol. The topological polar surface area (TPSA) is 124 Å². The highest BCUT2D eigenvalue weighted by molar-refractivity contribution is 5.97. The van der Waals surface area contributed by atoms with Gasteiger partial charge >= 0.3 is 0 Å². The Hall–Kier alpha value is -4.00. The number of aliphatic hydroxyl groups is 2. The van der Waals surface area contributed by atoms with Gasteiger partial charge in [0.1, 0.15) is 23.6 Å². The van der Waals surface area contributed by atoms with Crippen LogP contribution in [0.2, 0.25) is 0 Å². The Labute approximate surface area is 345 Å². The van der Waals surface area contributed by atoms with Crippen LogP contribution in [-0.2, 0) is 22.6 Å². The average molecular weight is 799 g/mol. The molecule has 3 saturated carbocycles. The van der Waals surface area contributed by atoms with Gasteiger partial charge in [-0.15, -0.1) is 0 Å². The summed E-state index contributed by atoms with van der Waals surface area (Å²) in [4.78, 5) is 39.0. The molecule has 58 heavy (non-hydrogen) atoms. The summed E-state index contributed by atoms with van der Waals surface area (Å²) >= 11 is 0. The van der Waals surface area contributed by atoms with E-state index in [1.54, 1.807) is 26.2 Å². The number of ether oxygens (including phenoxy) is 2. The molecule has 7 rings (SSSR count). The molecule has 4 aliphatic rings. The van der Waals surface area contributed by atoms with Crippen LogP contribution < -0.4 is 19.7 Å². The molecule has 316 valence electrons. The summed E-state index contributed by atoms with van der Waals surface area (Å²) in [5.41, 5.74) is 5.04. The third-order valence-electron chi connectivity index (χ3n) is 13.6. The molecular weight excluding hydrogens is 733 g/mol. The number of fused-ring (bicyclic) bond motifs is 2. The number of carbonyl (C=O) groups is 2. The van der Waals surface area contributed by atoms with Crippen molar-refractivity contribution in [3.63, 3.8) is 0 Å². The summed E-state index contributed by atoms with van der Waals surface area (Å²) in [6.45, 7) is 9.21. The summed E-state index contributed by atoms with van der Waals surface area (Å²) in [6, 6.07) is 18.6. The van der Waals surface area contributed by atoms with Crippen molar-refractivity contribution in [2.24, 2.45) is 35.0 Å². The summed E-state index contributed by atoms with van der Waals surface area (Å²) in [5.74, 6) is 2.59. The molecule has 3 aromatic carbocycles. The van der Waals surface area contributed by atoms with Crippen LogP contribution in [0.25, 0.3) is 11.1 Å². The third kappa shape index (κ3) is 8.94. The first-order chi connectivity index (χ1) is 27.6. The number of nitrogens with one attached hydrogen (secondary N) is 1. The quantitative estimate of drug-likeness (QED) is 0.148. The minimum Gasteiger partial charge on any atom is -0.496 e. The predicted octanol–water partition coefficient (Wildman–Crippen LogP) is 6.09. The molecule has 0 aromatic heterocycles. The Balaban J connectivity index is 1.29. The molecule has 3 aromatic rings. The maximum Gasteiger partial charge on any atom is 0.251 e. The Kier molecular flexibility index (Phi) is 13.6. The first-order valence-corrected chi connectivity index (χ1v) is 20.9. The second kappa shape index (κ2) is 18.1. The smallest absolute Gasteiger partial charge is 0.251 e. The molecule has 3 N–H and O–H groups in total. The van der Waals surface area contributed by atoms with Gasteiger partial charge in [0.15, 0.2) is 5.78 Å². The number of amides is 1. The number of anilines is 1. The van der Waals surface area contributed by atoms with E-state index in [0.29, 0.717) is 53.9 Å². The molecule has 2 bridgehead atoms. The van der Waals surface area contributed by atoms with Crippen LogP contribution in [-0.4, -0.2) is 112 Å². The summed E-state index contributed by atoms with van der Waals surface area (Å²) in [6.07, 6.45) is 1.69. The molecular formula is C47H66N4O7. The minimum absolute atomic E-state index is 0.0422. The van der Waals surface area contributed by atoms with Crippen molar-refractivity contribution in [3.8, 4) is 22.6 Å². The maximum atomic E-state index is 14.4. The lowest BCUT2D eigenvalue weighted by Gasteiger charge is -2.62. The van der Waals surface area contributed by atoms with E-state index in [1.807, 2.05) is 93.8 Å². The van der Waals surface area contributed by atoms with Crippen LogP contribution in [0.5, 0.6) is 11.5 Å². The molecule has 1 saturated heterocycles. The summed E-state index contributed by atoms with van der Waals surface area (Å²) in [7, 11) is 11.2. The van der Waals surface area contributed by atoms with E-state index < -0.39 is 24.2 Å². The van der Waals surface area contributed by atoms with Crippen molar-refractivity contribution in [2.45, 2.75) is 84.2 Å². The first kappa shape index (κ1) is 43.6. The number of hydrogen-bond acceptors (Lipinski definition) is 10. The number of likely N-dealkylation sites (N-methyl/N-ethyl adjacent to an activating group) is 1. The molecule has 1 amide bonds. The van der Waals surface area contributed by atoms with E-state index in [-0.39, 0.29) is 36.8 Å². The zero-order valence-electron chi connectivity index (χ0n) is 36.2. The van der Waals surface area contributed by atoms with Crippen molar-refractivity contribution in [1.29, 1.82) is 0 Å². The highest BCUT2D eigenvalue weighted by Gasteiger charge is 2.57. The second-order valence-electron chi connectivity index (χ2n) is 18.2. The number of hydrogen-bond donors (Lipinski definition) is 3. The van der Waals surface area contributed by atoms with Gasteiger partial charge in [0.25, 0.3) is 5.91 Å². The molecule has 1 heterocycles. The summed E-state index contributed by atoms with van der Waals surface area (Å²) < 4.78 is 11.8. The molecule has 0 spiro atoms. The largest absolute Gasteiger partial charge is 0.496 e. The number of rotatable bonds is 17. The van der Waals surface area contributed by atoms with Gasteiger partial charge in [-0.05, 0) is 105 Å². The fraction of sp³-hybridized carbons (Fsp3) is 0.574. The molecule has 0 radical (unpaired) electrons. The SMILES string of the molecule is COc1ccccc1C[C@@H](CN(C)C)NC(=O)c1cc(-c2cccc(CN3O[C@@H](CO)C(C(C)O)[C@H]3C(=O)C[C@H]3C[C@H]4C[C@@H]([C@@H]3C)C4(C)C)c2OC)cc(N(C)C)c1. The average Bonchev–Trinajstić information content (AvgIpc) is 3.56. The van der Waals surface area contributed by atoms with Gasteiger partial charge in [0, 0.05) is 61.4 Å². The van der Waals surface area contributed by atoms with Crippen molar-refractivity contribution in [1.82, 2.24) is 15.3 Å². The van der Waals surface area contributed by atoms with E-state index in [1.165, 1.54) is 6.42 Å². The standard InChI is InChI=1S/C47H66N4O7/c1-28-32(19-35-24-39(28)47(35,3)4)23-40(54)44-43(29(2)53)42(27-52)58-51(44)25-31-15-13-16-38(45(31)57-10)33-18-34(22-37(21-33)50(7)8)46(55)48-36(26-49(5)6)20-30-14-11-12-17-41(30)56-9/h11-18,21-22,28-29,32,35-36,39,42-44,52-53H,19-20,23-27H2,1-10H3,(H,48,55)/t28-,29?,32-,35+,36+,39+,42+,43?,44-/m1/s1. The third-order valence-corrected chi connectivity index (χ3v) is 13.6. The lowest BCUT2D eigenvalue weighted by molar-refractivity contribution is -0.183. The molecule has 9 atom stereocenters. The van der Waals surface area contributed by atoms with Crippen LogP contribution in [0.1, 0.15) is 68.4 Å². The first-order valence-electron chi connectivity index (χ1n) is 20.9. The fourth-order valence-corrected chi connectivity index (χ4v) is 10.4. The monoisotopic (exact) mass is 798 g/mol. The van der Waals surface area contributed by atoms with Gasteiger partial charge in [-0.2, -0.15) is 5.06 Å². The molecule has 2 unspecified atom stereocenters. The lowest BCUT2D eigenvalue weighted by atomic mass is 9.43. The Morgan fingerprint density at radius 1 is 1.00 bits per heavy atom. The number of benzene rings is 3. The van der Waals surface area contributed by atoms with Gasteiger partial charge in [-0.1, -0.05) is 57.2 Å². The normalized spacial score (nSPS) is 26.1. The minimum atomic E-state index is -0.870. The van der Waals surface area contributed by atoms with Gasteiger partial charge in [0.2, 0.25) is 0 Å². The van der Waals surface area contributed by atoms with E-state index in [2.05, 4.69) is 31.0 Å². The van der Waals surface area contributed by atoms with Crippen molar-refractivity contribution in [2.75, 3.05) is 60.5 Å². The number of aliphatic hydroxyl groups excluding tert-OH is 2. The molecule has 4 fully saturated rings. The number of carbonyl (C=O) groups excluding carboxylic acids is 2. The van der Waals surface area contributed by atoms with Crippen LogP contribution in [0, 0.1) is 35.0 Å². The number of ketones is 1. The van der Waals surface area contributed by atoms with Gasteiger partial charge < -0.3 is 34.8 Å². The van der Waals surface area contributed by atoms with E-state index >= 15 is 0 Å². The lowest BCUT2D eigenvalue weighted by Crippen LogP contribution is -2.55. The van der Waals surface area contributed by atoms with E-state index in [0.717, 1.165) is 40.1 Å². The van der Waals surface area contributed by atoms with Crippen LogP contribution in [0.3, 0.4) is 0 Å². The fourth-order valence-electron chi connectivity index (χ4n) is 10.4. The Morgan fingerprint density at radius 3 is 2.34 bits per heavy atom. The van der Waals surface area contributed by atoms with Gasteiger partial charge in [0.05, 0.1) is 33.5 Å². The van der Waals surface area contributed by atoms with Crippen LogP contribution in [0.15, 0.2) is 60.7 Å². The highest BCUT2D eigenvalue weighted by Crippen LogP contribution is 2.63. The number of nitrogens with zero attached hydrogens (tertiary/aromatic N) is 3. The van der Waals surface area contributed by atoms with Crippen LogP contribution in [0.4, 0.5) is 5.69 Å². The maximum absolute atomic E-state index is 14.4. The summed E-state index contributed by atoms with van der Waals surface area (Å²) in [5, 5.41) is 26.4. The van der Waals surface area contributed by atoms with E-state index in [9.17, 15) is 19.8 Å². The molecule has 3 aliphatic carbocycles. The highest BCUT2D eigenvalue weighted by atomic mass is 16.7.